The number of hydrogen-bond acceptors (Lipinski definition) is 7. The number of nitrogens with two attached hydrogens (primary N) is 1. The SMILES string of the molecule is C[C@@H](NC(=O)c1ccc(=O)n(-c2cccc(-c3nnnn3C)c2)n1)c1cc(N)cc(C(F)(F)F)c1. The van der Waals surface area contributed by atoms with E-state index >= 15 is 0 Å². The first kappa shape index (κ1) is 23.6. The smallest absolute Gasteiger partial charge is 0.399 e. The van der Waals surface area contributed by atoms with Crippen LogP contribution in [0.2, 0.25) is 0 Å². The summed E-state index contributed by atoms with van der Waals surface area (Å²) >= 11 is 0. The normalized spacial score (nSPS) is 12.4. The van der Waals surface area contributed by atoms with Gasteiger partial charge >= 0.3 is 6.18 Å². The number of carbonyl (C=O) groups is 1. The lowest BCUT2D eigenvalue weighted by Gasteiger charge is -2.17. The van der Waals surface area contributed by atoms with Gasteiger partial charge in [-0.15, -0.1) is 5.10 Å². The number of rotatable bonds is 5. The number of halogens is 3. The number of amides is 1. The van der Waals surface area contributed by atoms with Gasteiger partial charge in [0.15, 0.2) is 5.82 Å². The zero-order valence-electron chi connectivity index (χ0n) is 18.5. The molecule has 1 atom stereocenters. The van der Waals surface area contributed by atoms with E-state index < -0.39 is 29.2 Å². The van der Waals surface area contributed by atoms with Crippen molar-refractivity contribution in [3.8, 4) is 17.1 Å². The van der Waals surface area contributed by atoms with Crippen molar-refractivity contribution in [3.05, 3.63) is 81.8 Å². The number of tetrazole rings is 1. The number of carbonyl (C=O) groups excluding carboxylic acids is 1. The van der Waals surface area contributed by atoms with Crippen LogP contribution in [-0.2, 0) is 13.2 Å². The minimum absolute atomic E-state index is 0.0828. The molecule has 0 saturated heterocycles. The van der Waals surface area contributed by atoms with Gasteiger partial charge in [-0.2, -0.15) is 23.0 Å². The second-order valence-corrected chi connectivity index (χ2v) is 7.73. The van der Waals surface area contributed by atoms with Gasteiger partial charge in [-0.3, -0.25) is 9.59 Å². The highest BCUT2D eigenvalue weighted by Crippen LogP contribution is 2.32. The summed E-state index contributed by atoms with van der Waals surface area (Å²) in [5.41, 5.74) is 5.17. The highest BCUT2D eigenvalue weighted by Gasteiger charge is 2.31. The largest absolute Gasteiger partial charge is 0.416 e. The van der Waals surface area contributed by atoms with Crippen molar-refractivity contribution in [1.29, 1.82) is 0 Å². The first-order chi connectivity index (χ1) is 16.5. The molecule has 0 radical (unpaired) electrons. The lowest BCUT2D eigenvalue weighted by molar-refractivity contribution is -0.137. The van der Waals surface area contributed by atoms with Gasteiger partial charge in [-0.25, -0.2) is 4.68 Å². The maximum Gasteiger partial charge on any atom is 0.416 e. The number of benzene rings is 2. The predicted molar refractivity (Wildman–Crippen MR) is 119 cm³/mol. The van der Waals surface area contributed by atoms with Gasteiger partial charge in [0.2, 0.25) is 0 Å². The van der Waals surface area contributed by atoms with E-state index in [2.05, 4.69) is 25.9 Å². The Kier molecular flexibility index (Phi) is 6.07. The van der Waals surface area contributed by atoms with Gasteiger partial charge in [0.05, 0.1) is 17.3 Å². The molecule has 1 amide bonds. The van der Waals surface area contributed by atoms with Crippen molar-refractivity contribution >= 4 is 11.6 Å². The highest BCUT2D eigenvalue weighted by molar-refractivity contribution is 5.92. The number of alkyl halides is 3. The van der Waals surface area contributed by atoms with Crippen LogP contribution in [0, 0.1) is 0 Å². The molecule has 0 bridgehead atoms. The number of nitrogens with zero attached hydrogens (tertiary/aromatic N) is 6. The molecule has 180 valence electrons. The van der Waals surface area contributed by atoms with Crippen LogP contribution < -0.4 is 16.6 Å². The molecule has 0 fully saturated rings. The number of aromatic nitrogens is 6. The van der Waals surface area contributed by atoms with E-state index in [9.17, 15) is 22.8 Å². The van der Waals surface area contributed by atoms with Gasteiger partial charge in [0.1, 0.15) is 5.69 Å². The minimum atomic E-state index is -4.58. The summed E-state index contributed by atoms with van der Waals surface area (Å²) in [5, 5.41) is 18.0. The Morgan fingerprint density at radius 2 is 1.89 bits per heavy atom. The molecule has 3 N–H and O–H groups in total. The third kappa shape index (κ3) is 5.03. The summed E-state index contributed by atoms with van der Waals surface area (Å²) in [4.78, 5) is 25.3. The third-order valence-electron chi connectivity index (χ3n) is 5.15. The Balaban J connectivity index is 1.61. The van der Waals surface area contributed by atoms with E-state index in [-0.39, 0.29) is 16.9 Å². The number of hydrogen-bond donors (Lipinski definition) is 2. The average Bonchev–Trinajstić information content (AvgIpc) is 3.24. The molecule has 0 saturated carbocycles. The quantitative estimate of drug-likeness (QED) is 0.416. The summed E-state index contributed by atoms with van der Waals surface area (Å²) in [7, 11) is 1.66. The summed E-state index contributed by atoms with van der Waals surface area (Å²) in [6.45, 7) is 1.52. The second kappa shape index (κ2) is 9.00. The molecule has 0 aliphatic rings. The molecule has 0 unspecified atom stereocenters. The molecule has 13 heteroatoms. The van der Waals surface area contributed by atoms with Crippen LogP contribution in [-0.4, -0.2) is 35.9 Å². The fourth-order valence-corrected chi connectivity index (χ4v) is 3.41. The molecule has 2 heterocycles. The molecule has 2 aromatic carbocycles. The van der Waals surface area contributed by atoms with E-state index in [0.717, 1.165) is 16.8 Å². The number of nitrogens with one attached hydrogen (secondary N) is 1. The monoisotopic (exact) mass is 484 g/mol. The number of aryl methyl sites for hydroxylation is 1. The van der Waals surface area contributed by atoms with Crippen LogP contribution in [0.15, 0.2) is 59.4 Å². The van der Waals surface area contributed by atoms with Crippen LogP contribution >= 0.6 is 0 Å². The van der Waals surface area contributed by atoms with Crippen molar-refractivity contribution in [1.82, 2.24) is 35.3 Å². The Hall–Kier alpha value is -4.55. The molecule has 4 rings (SSSR count). The molecule has 10 nitrogen and oxygen atoms in total. The maximum atomic E-state index is 13.1. The van der Waals surface area contributed by atoms with Gasteiger partial charge in [-0.05, 0) is 59.3 Å². The molecule has 35 heavy (non-hydrogen) atoms. The van der Waals surface area contributed by atoms with Crippen LogP contribution in [0.1, 0.15) is 34.6 Å². The molecular weight excluding hydrogens is 465 g/mol. The molecule has 0 aliphatic carbocycles. The first-order valence-electron chi connectivity index (χ1n) is 10.2. The Bertz CT molecular complexity index is 1460. The van der Waals surface area contributed by atoms with E-state index in [1.807, 2.05) is 0 Å². The standard InChI is InChI=1S/C22H19F3N8O2/c1-12(14-8-15(22(23,24)25)11-16(26)9-14)27-21(35)18-6-7-19(34)33(29-18)17-5-3-4-13(10-17)20-28-30-31-32(20)2/h3-12H,26H2,1-2H3,(H,27,35)/t12-/m1/s1. The Morgan fingerprint density at radius 1 is 1.11 bits per heavy atom. The van der Waals surface area contributed by atoms with Gasteiger partial charge in [0, 0.05) is 24.4 Å². The van der Waals surface area contributed by atoms with Crippen molar-refractivity contribution in [3.63, 3.8) is 0 Å². The maximum absolute atomic E-state index is 13.1. The molecule has 2 aromatic heterocycles. The fraction of sp³-hybridized carbons (Fsp3) is 0.182. The van der Waals surface area contributed by atoms with Crippen molar-refractivity contribution in [2.24, 2.45) is 7.05 Å². The van der Waals surface area contributed by atoms with Crippen LogP contribution in [0.25, 0.3) is 17.1 Å². The summed E-state index contributed by atoms with van der Waals surface area (Å²) in [6.07, 6.45) is -4.58. The number of nitrogen functional groups attached to an aromatic ring is 1. The van der Waals surface area contributed by atoms with E-state index in [1.165, 1.54) is 29.8 Å². The molecular formula is C22H19F3N8O2. The fourth-order valence-electron chi connectivity index (χ4n) is 3.41. The Labute approximate surface area is 196 Å². The predicted octanol–water partition coefficient (Wildman–Crippen LogP) is 2.51. The zero-order valence-corrected chi connectivity index (χ0v) is 18.5. The third-order valence-corrected chi connectivity index (χ3v) is 5.15. The minimum Gasteiger partial charge on any atom is -0.399 e. The van der Waals surface area contributed by atoms with Gasteiger partial charge in [-0.1, -0.05) is 12.1 Å². The summed E-state index contributed by atoms with van der Waals surface area (Å²) in [6, 6.07) is 11.4. The summed E-state index contributed by atoms with van der Waals surface area (Å²) in [5.74, 6) is -0.223. The van der Waals surface area contributed by atoms with Gasteiger partial charge < -0.3 is 11.1 Å². The molecule has 0 spiro atoms. The van der Waals surface area contributed by atoms with Crippen LogP contribution in [0.3, 0.4) is 0 Å². The molecule has 0 aliphatic heterocycles. The first-order valence-corrected chi connectivity index (χ1v) is 10.2. The van der Waals surface area contributed by atoms with E-state index in [4.69, 9.17) is 5.73 Å². The average molecular weight is 484 g/mol. The van der Waals surface area contributed by atoms with Crippen molar-refractivity contribution < 1.29 is 18.0 Å². The lowest BCUT2D eigenvalue weighted by atomic mass is 10.0. The second-order valence-electron chi connectivity index (χ2n) is 7.73. The van der Waals surface area contributed by atoms with E-state index in [0.29, 0.717) is 17.1 Å². The lowest BCUT2D eigenvalue weighted by Crippen LogP contribution is -2.30. The molecule has 4 aromatic rings. The van der Waals surface area contributed by atoms with E-state index in [1.54, 1.807) is 31.3 Å². The van der Waals surface area contributed by atoms with Crippen molar-refractivity contribution in [2.75, 3.05) is 5.73 Å². The van der Waals surface area contributed by atoms with Crippen molar-refractivity contribution in [2.45, 2.75) is 19.1 Å². The Morgan fingerprint density at radius 3 is 2.57 bits per heavy atom. The number of anilines is 1. The topological polar surface area (TPSA) is 134 Å². The van der Waals surface area contributed by atoms with Gasteiger partial charge in [0.25, 0.3) is 11.5 Å². The van der Waals surface area contributed by atoms with Crippen LogP contribution in [0.5, 0.6) is 0 Å². The van der Waals surface area contributed by atoms with Crippen LogP contribution in [0.4, 0.5) is 18.9 Å². The highest BCUT2D eigenvalue weighted by atomic mass is 19.4. The summed E-state index contributed by atoms with van der Waals surface area (Å²) < 4.78 is 41.9. The zero-order chi connectivity index (χ0) is 25.3.